The summed E-state index contributed by atoms with van der Waals surface area (Å²) < 4.78 is 17.9. The Morgan fingerprint density at radius 3 is 2.71 bits per heavy atom. The van der Waals surface area contributed by atoms with Crippen LogP contribution in [-0.4, -0.2) is 18.1 Å². The first kappa shape index (κ1) is 15.3. The first-order valence-corrected chi connectivity index (χ1v) is 6.57. The van der Waals surface area contributed by atoms with Gasteiger partial charge in [0.25, 0.3) is 0 Å². The van der Waals surface area contributed by atoms with Crippen LogP contribution in [0.2, 0.25) is 5.02 Å². The van der Waals surface area contributed by atoms with E-state index in [0.717, 1.165) is 6.20 Å². The molecule has 1 unspecified atom stereocenters. The van der Waals surface area contributed by atoms with Gasteiger partial charge in [-0.05, 0) is 37.3 Å². The number of ether oxygens (including phenoxy) is 1. The Labute approximate surface area is 126 Å². The average Bonchev–Trinajstić information content (AvgIpc) is 2.46. The zero-order valence-corrected chi connectivity index (χ0v) is 12.3. The smallest absolute Gasteiger partial charge is 0.337 e. The van der Waals surface area contributed by atoms with Crippen LogP contribution in [0.1, 0.15) is 12.6 Å². The first-order chi connectivity index (χ1) is 9.95. The number of nitrogens with one attached hydrogen (secondary N) is 1. The van der Waals surface area contributed by atoms with Gasteiger partial charge in [0.05, 0.1) is 19.0 Å². The molecule has 2 aromatic rings. The van der Waals surface area contributed by atoms with Gasteiger partial charge in [0.1, 0.15) is 5.82 Å². The summed E-state index contributed by atoms with van der Waals surface area (Å²) >= 11 is 5.93. The van der Waals surface area contributed by atoms with Gasteiger partial charge in [0.15, 0.2) is 5.54 Å². The highest BCUT2D eigenvalue weighted by Gasteiger charge is 2.38. The Bertz CT molecular complexity index is 648. The maximum atomic E-state index is 13.0. The molecular formula is C15H14ClFN2O2. The first-order valence-electron chi connectivity index (χ1n) is 6.20. The predicted molar refractivity (Wildman–Crippen MR) is 78.6 cm³/mol. The molecular weight excluding hydrogens is 295 g/mol. The van der Waals surface area contributed by atoms with Crippen LogP contribution in [-0.2, 0) is 15.1 Å². The summed E-state index contributed by atoms with van der Waals surface area (Å²) in [5.74, 6) is -1.02. The van der Waals surface area contributed by atoms with Crippen LogP contribution >= 0.6 is 11.6 Å². The van der Waals surface area contributed by atoms with Crippen molar-refractivity contribution in [1.82, 2.24) is 4.98 Å². The molecule has 0 amide bonds. The van der Waals surface area contributed by atoms with E-state index in [9.17, 15) is 9.18 Å². The summed E-state index contributed by atoms with van der Waals surface area (Å²) in [6.07, 6.45) is 1.05. The van der Waals surface area contributed by atoms with Gasteiger partial charge in [-0.15, -0.1) is 0 Å². The SMILES string of the molecule is COC(=O)C(C)(Nc1cccc(Cl)c1)c1ccc(F)cn1. The minimum Gasteiger partial charge on any atom is -0.467 e. The molecule has 0 spiro atoms. The standard InChI is InChI=1S/C15H14ClFN2O2/c1-15(14(20)21-2,13-7-6-11(17)9-18-13)19-12-5-3-4-10(16)8-12/h3-9,19H,1-2H3. The minimum absolute atomic E-state index is 0.343. The number of rotatable bonds is 4. The average molecular weight is 309 g/mol. The van der Waals surface area contributed by atoms with Crippen molar-refractivity contribution in [2.75, 3.05) is 12.4 Å². The van der Waals surface area contributed by atoms with Crippen molar-refractivity contribution in [3.8, 4) is 0 Å². The molecule has 0 saturated carbocycles. The number of methoxy groups -OCH3 is 1. The monoisotopic (exact) mass is 308 g/mol. The van der Waals surface area contributed by atoms with Gasteiger partial charge in [0.2, 0.25) is 0 Å². The molecule has 4 nitrogen and oxygen atoms in total. The molecule has 0 aliphatic rings. The fraction of sp³-hybridized carbons (Fsp3) is 0.200. The molecule has 2 rings (SSSR count). The van der Waals surface area contributed by atoms with Crippen molar-refractivity contribution in [2.45, 2.75) is 12.5 Å². The zero-order valence-electron chi connectivity index (χ0n) is 11.6. The summed E-state index contributed by atoms with van der Waals surface area (Å²) in [7, 11) is 1.28. The van der Waals surface area contributed by atoms with E-state index in [1.807, 2.05) is 0 Å². The van der Waals surface area contributed by atoms with E-state index >= 15 is 0 Å². The van der Waals surface area contributed by atoms with Crippen LogP contribution in [0.3, 0.4) is 0 Å². The van der Waals surface area contributed by atoms with Crippen LogP contribution in [0.4, 0.5) is 10.1 Å². The van der Waals surface area contributed by atoms with E-state index in [1.165, 1.54) is 19.2 Å². The summed E-state index contributed by atoms with van der Waals surface area (Å²) in [4.78, 5) is 16.1. The van der Waals surface area contributed by atoms with Gasteiger partial charge in [-0.1, -0.05) is 17.7 Å². The third kappa shape index (κ3) is 3.31. The number of nitrogens with zero attached hydrogens (tertiary/aromatic N) is 1. The third-order valence-corrected chi connectivity index (χ3v) is 3.29. The number of benzene rings is 1. The summed E-state index contributed by atoms with van der Waals surface area (Å²) in [6.45, 7) is 1.61. The lowest BCUT2D eigenvalue weighted by Crippen LogP contribution is -2.42. The molecule has 0 fully saturated rings. The lowest BCUT2D eigenvalue weighted by atomic mass is 9.96. The molecule has 0 radical (unpaired) electrons. The molecule has 0 bridgehead atoms. The van der Waals surface area contributed by atoms with E-state index in [-0.39, 0.29) is 0 Å². The van der Waals surface area contributed by atoms with E-state index < -0.39 is 17.3 Å². The number of esters is 1. The number of anilines is 1. The number of hydrogen-bond acceptors (Lipinski definition) is 4. The van der Waals surface area contributed by atoms with Crippen molar-refractivity contribution >= 4 is 23.3 Å². The number of halogens is 2. The summed E-state index contributed by atoms with van der Waals surface area (Å²) in [6, 6.07) is 9.58. The number of carbonyl (C=O) groups excluding carboxylic acids is 1. The maximum absolute atomic E-state index is 13.0. The molecule has 1 heterocycles. The van der Waals surface area contributed by atoms with Crippen molar-refractivity contribution in [3.05, 3.63) is 59.1 Å². The van der Waals surface area contributed by atoms with Crippen molar-refractivity contribution < 1.29 is 13.9 Å². The lowest BCUT2D eigenvalue weighted by molar-refractivity contribution is -0.145. The number of aromatic nitrogens is 1. The maximum Gasteiger partial charge on any atom is 0.337 e. The highest BCUT2D eigenvalue weighted by Crippen LogP contribution is 2.27. The Hall–Kier alpha value is -2.14. The summed E-state index contributed by atoms with van der Waals surface area (Å²) in [5.41, 5.74) is -0.287. The second-order valence-corrected chi connectivity index (χ2v) is 5.05. The van der Waals surface area contributed by atoms with E-state index in [1.54, 1.807) is 31.2 Å². The van der Waals surface area contributed by atoms with Crippen LogP contribution in [0.15, 0.2) is 42.6 Å². The van der Waals surface area contributed by atoms with Crippen LogP contribution in [0, 0.1) is 5.82 Å². The zero-order chi connectivity index (χ0) is 15.5. The molecule has 0 aliphatic heterocycles. The topological polar surface area (TPSA) is 51.2 Å². The third-order valence-electron chi connectivity index (χ3n) is 3.05. The van der Waals surface area contributed by atoms with E-state index in [2.05, 4.69) is 10.3 Å². The fourth-order valence-corrected chi connectivity index (χ4v) is 2.14. The van der Waals surface area contributed by atoms with E-state index in [4.69, 9.17) is 16.3 Å². The van der Waals surface area contributed by atoms with Crippen molar-refractivity contribution in [3.63, 3.8) is 0 Å². The Morgan fingerprint density at radius 1 is 1.38 bits per heavy atom. The highest BCUT2D eigenvalue weighted by molar-refractivity contribution is 6.30. The lowest BCUT2D eigenvalue weighted by Gasteiger charge is -2.28. The Kier molecular flexibility index (Phi) is 4.43. The minimum atomic E-state index is -1.26. The Morgan fingerprint density at radius 2 is 2.14 bits per heavy atom. The molecule has 1 atom stereocenters. The number of pyridine rings is 1. The molecule has 1 N–H and O–H groups in total. The van der Waals surface area contributed by atoms with Gasteiger partial charge < -0.3 is 10.1 Å². The molecule has 1 aromatic heterocycles. The Balaban J connectivity index is 2.42. The van der Waals surface area contributed by atoms with Gasteiger partial charge >= 0.3 is 5.97 Å². The second-order valence-electron chi connectivity index (χ2n) is 4.61. The predicted octanol–water partition coefficient (Wildman–Crippen LogP) is 3.37. The molecule has 0 aliphatic carbocycles. The van der Waals surface area contributed by atoms with Crippen LogP contribution in [0.5, 0.6) is 0 Å². The van der Waals surface area contributed by atoms with Gasteiger partial charge in [-0.3, -0.25) is 4.98 Å². The molecule has 110 valence electrons. The van der Waals surface area contributed by atoms with Gasteiger partial charge in [-0.2, -0.15) is 0 Å². The van der Waals surface area contributed by atoms with Crippen molar-refractivity contribution in [1.29, 1.82) is 0 Å². The number of hydrogen-bond donors (Lipinski definition) is 1. The van der Waals surface area contributed by atoms with Crippen LogP contribution in [0.25, 0.3) is 0 Å². The van der Waals surface area contributed by atoms with Gasteiger partial charge in [0, 0.05) is 10.7 Å². The normalized spacial score (nSPS) is 13.3. The summed E-state index contributed by atoms with van der Waals surface area (Å²) in [5, 5.41) is 3.57. The molecule has 0 saturated heterocycles. The van der Waals surface area contributed by atoms with E-state index in [0.29, 0.717) is 16.4 Å². The number of carbonyl (C=O) groups is 1. The second kappa shape index (κ2) is 6.10. The quantitative estimate of drug-likeness (QED) is 0.880. The molecule has 21 heavy (non-hydrogen) atoms. The van der Waals surface area contributed by atoms with Crippen LogP contribution < -0.4 is 5.32 Å². The van der Waals surface area contributed by atoms with Gasteiger partial charge in [-0.25, -0.2) is 9.18 Å². The highest BCUT2D eigenvalue weighted by atomic mass is 35.5. The van der Waals surface area contributed by atoms with Crippen molar-refractivity contribution in [2.24, 2.45) is 0 Å². The molecule has 6 heteroatoms. The largest absolute Gasteiger partial charge is 0.467 e. The fourth-order valence-electron chi connectivity index (χ4n) is 1.95. The molecule has 1 aromatic carbocycles.